The molecular weight excluding hydrogens is 746 g/mol. The van der Waals surface area contributed by atoms with E-state index in [1.54, 1.807) is 73.6 Å². The molecule has 4 aromatic carbocycles. The van der Waals surface area contributed by atoms with Crippen molar-refractivity contribution in [3.63, 3.8) is 0 Å². The van der Waals surface area contributed by atoms with Crippen LogP contribution in [0.25, 0.3) is 33.4 Å². The van der Waals surface area contributed by atoms with Crippen LogP contribution in [-0.2, 0) is 31.9 Å². The highest BCUT2D eigenvalue weighted by atomic mass is 35.5. The lowest BCUT2D eigenvalue weighted by atomic mass is 9.80. The number of hydrogen-bond donors (Lipinski definition) is 2. The predicted octanol–water partition coefficient (Wildman–Crippen LogP) is 12.5. The van der Waals surface area contributed by atoms with E-state index in [4.69, 9.17) is 21.1 Å². The van der Waals surface area contributed by atoms with Gasteiger partial charge in [-0.05, 0) is 144 Å². The molecular formula is C50H58ClNO6. The van der Waals surface area contributed by atoms with Gasteiger partial charge in [0.25, 0.3) is 0 Å². The maximum atomic E-state index is 13.2. The van der Waals surface area contributed by atoms with Gasteiger partial charge in [0.1, 0.15) is 33.9 Å². The molecule has 0 saturated carbocycles. The third-order valence-electron chi connectivity index (χ3n) is 10.5. The Hall–Kier alpha value is -5.00. The lowest BCUT2D eigenvalue weighted by Crippen LogP contribution is -2.49. The number of carbonyl (C=O) groups excluding carboxylic acids is 2. The molecule has 0 bridgehead atoms. The summed E-state index contributed by atoms with van der Waals surface area (Å²) in [6, 6.07) is 27.5. The van der Waals surface area contributed by atoms with Crippen LogP contribution in [-0.4, -0.2) is 44.2 Å². The molecule has 58 heavy (non-hydrogen) atoms. The molecule has 7 nitrogen and oxygen atoms in total. The molecule has 306 valence electrons. The van der Waals surface area contributed by atoms with Gasteiger partial charge in [-0.2, -0.15) is 5.26 Å². The highest BCUT2D eigenvalue weighted by Crippen LogP contribution is 2.43. The minimum absolute atomic E-state index is 0.00239. The molecule has 0 amide bonds. The zero-order valence-electron chi connectivity index (χ0n) is 36.3. The molecule has 0 atom stereocenters. The smallest absolute Gasteiger partial charge is 0.198 e. The van der Waals surface area contributed by atoms with Gasteiger partial charge in [0.15, 0.2) is 11.6 Å². The van der Waals surface area contributed by atoms with Crippen LogP contribution in [0.3, 0.4) is 0 Å². The summed E-state index contributed by atoms with van der Waals surface area (Å²) in [5.41, 5.74) is 5.37. The molecule has 0 radical (unpaired) electrons. The topological polar surface area (TPSA) is 117 Å². The molecule has 2 aliphatic heterocycles. The lowest BCUT2D eigenvalue weighted by Gasteiger charge is -2.40. The largest absolute Gasteiger partial charge is 0.508 e. The first-order valence-electron chi connectivity index (χ1n) is 20.0. The third kappa shape index (κ3) is 9.16. The van der Waals surface area contributed by atoms with Crippen LogP contribution < -0.4 is 0 Å². The average molecular weight is 804 g/mol. The van der Waals surface area contributed by atoms with Crippen LogP contribution in [0.1, 0.15) is 116 Å². The number of aliphatic hydroxyl groups is 2. The standard InChI is InChI=1S/C24H24ClNO3.C24H28O3.C2H6/c1-6-14-7-8-15(18-10-9-17(25)11-16(18)13-26)12-19(14)20-21(27)23(2,3)29-24(4,5)22(20)28;1-7-16-12-13-18(17-10-8-15(2)9-11-17)14-19(16)20-21(25)23(3,4)27-24(5,6)22(20)26;1-2/h7-12,27H,6H2,1-5H3;8-14,25H,7H2,1-6H3;1-2H3. The quantitative estimate of drug-likeness (QED) is 0.199. The minimum Gasteiger partial charge on any atom is -0.508 e. The molecule has 0 fully saturated rings. The van der Waals surface area contributed by atoms with Crippen molar-refractivity contribution in [3.8, 4) is 28.3 Å². The third-order valence-corrected chi connectivity index (χ3v) is 10.7. The van der Waals surface area contributed by atoms with Crippen molar-refractivity contribution >= 4 is 34.3 Å². The van der Waals surface area contributed by atoms with Gasteiger partial charge in [0.05, 0.1) is 22.8 Å². The molecule has 2 heterocycles. The SMILES string of the molecule is CC.CCc1ccc(-c2ccc(C)cc2)cc1C1=C(O)C(C)(C)OC(C)(C)C1=O.CCc1ccc(-c2ccc(Cl)cc2C#N)cc1C1=C(O)C(C)(C)OC(C)(C)C1=O. The maximum Gasteiger partial charge on any atom is 0.198 e. The van der Waals surface area contributed by atoms with Gasteiger partial charge in [-0.3, -0.25) is 9.59 Å². The number of ether oxygens (including phenoxy) is 2. The van der Waals surface area contributed by atoms with E-state index in [2.05, 4.69) is 50.2 Å². The second-order valence-corrected chi connectivity index (χ2v) is 16.9. The molecule has 0 aliphatic carbocycles. The summed E-state index contributed by atoms with van der Waals surface area (Å²) >= 11 is 6.03. The van der Waals surface area contributed by atoms with E-state index in [9.17, 15) is 25.1 Å². The first-order chi connectivity index (χ1) is 27.1. The van der Waals surface area contributed by atoms with Gasteiger partial charge in [-0.25, -0.2) is 0 Å². The Labute approximate surface area is 350 Å². The Bertz CT molecular complexity index is 2320. The van der Waals surface area contributed by atoms with E-state index in [1.807, 2.05) is 51.1 Å². The van der Waals surface area contributed by atoms with Gasteiger partial charge in [-0.1, -0.05) is 99.5 Å². The van der Waals surface area contributed by atoms with Crippen molar-refractivity contribution in [3.05, 3.63) is 129 Å². The number of nitriles is 1. The summed E-state index contributed by atoms with van der Waals surface area (Å²) in [6.45, 7) is 24.2. The van der Waals surface area contributed by atoms with Crippen molar-refractivity contribution in [1.82, 2.24) is 0 Å². The van der Waals surface area contributed by atoms with Gasteiger partial charge in [-0.15, -0.1) is 0 Å². The van der Waals surface area contributed by atoms with E-state index in [1.165, 1.54) is 5.56 Å². The number of rotatable bonds is 6. The summed E-state index contributed by atoms with van der Waals surface area (Å²) in [5.74, 6) is -0.527. The summed E-state index contributed by atoms with van der Waals surface area (Å²) in [6.07, 6.45) is 1.46. The molecule has 0 aromatic heterocycles. The monoisotopic (exact) mass is 803 g/mol. The number of carbonyl (C=O) groups is 2. The fourth-order valence-corrected chi connectivity index (χ4v) is 7.74. The maximum absolute atomic E-state index is 13.2. The van der Waals surface area contributed by atoms with Gasteiger partial charge in [0.2, 0.25) is 0 Å². The molecule has 0 saturated heterocycles. The van der Waals surface area contributed by atoms with Crippen molar-refractivity contribution < 1.29 is 29.3 Å². The van der Waals surface area contributed by atoms with Crippen LogP contribution in [0.5, 0.6) is 0 Å². The van der Waals surface area contributed by atoms with Crippen molar-refractivity contribution in [2.45, 2.75) is 125 Å². The number of ketones is 2. The van der Waals surface area contributed by atoms with Crippen LogP contribution in [0, 0.1) is 18.3 Å². The van der Waals surface area contributed by atoms with Gasteiger partial charge >= 0.3 is 0 Å². The second kappa shape index (κ2) is 17.5. The Morgan fingerprint density at radius 3 is 1.43 bits per heavy atom. The summed E-state index contributed by atoms with van der Waals surface area (Å²) in [5, 5.41) is 31.8. The first kappa shape index (κ1) is 45.7. The number of halogens is 1. The van der Waals surface area contributed by atoms with E-state index >= 15 is 0 Å². The van der Waals surface area contributed by atoms with Crippen molar-refractivity contribution in [1.29, 1.82) is 5.26 Å². The van der Waals surface area contributed by atoms with Crippen LogP contribution in [0.15, 0.2) is 90.4 Å². The van der Waals surface area contributed by atoms with Crippen LogP contribution in [0.2, 0.25) is 5.02 Å². The summed E-state index contributed by atoms with van der Waals surface area (Å²) in [4.78, 5) is 26.4. The second-order valence-electron chi connectivity index (χ2n) is 16.5. The van der Waals surface area contributed by atoms with Crippen molar-refractivity contribution in [2.75, 3.05) is 0 Å². The minimum atomic E-state index is -1.07. The Morgan fingerprint density at radius 1 is 0.586 bits per heavy atom. The van der Waals surface area contributed by atoms with E-state index in [0.717, 1.165) is 45.4 Å². The zero-order valence-corrected chi connectivity index (χ0v) is 37.0. The molecule has 0 unspecified atom stereocenters. The lowest BCUT2D eigenvalue weighted by molar-refractivity contribution is -0.158. The first-order valence-corrected chi connectivity index (χ1v) is 20.4. The van der Waals surface area contributed by atoms with Gasteiger partial charge < -0.3 is 19.7 Å². The fraction of sp³-hybridized carbons (Fsp3) is 0.380. The van der Waals surface area contributed by atoms with E-state index in [0.29, 0.717) is 28.1 Å². The number of aryl methyl sites for hydroxylation is 3. The van der Waals surface area contributed by atoms with Crippen molar-refractivity contribution in [2.24, 2.45) is 0 Å². The Kier molecular flexibility index (Phi) is 13.8. The number of Topliss-reactive ketones (excluding diaryl/α,β-unsaturated/α-hetero) is 2. The number of aliphatic hydroxyl groups excluding tert-OH is 2. The van der Waals surface area contributed by atoms with Crippen LogP contribution >= 0.6 is 11.6 Å². The Morgan fingerprint density at radius 2 is 1.00 bits per heavy atom. The van der Waals surface area contributed by atoms with Crippen LogP contribution in [0.4, 0.5) is 0 Å². The molecule has 0 spiro atoms. The molecule has 2 N–H and O–H groups in total. The fourth-order valence-electron chi connectivity index (χ4n) is 7.57. The summed E-state index contributed by atoms with van der Waals surface area (Å²) in [7, 11) is 0. The number of hydrogen-bond acceptors (Lipinski definition) is 7. The molecule has 6 rings (SSSR count). The zero-order chi connectivity index (χ0) is 43.5. The Balaban J connectivity index is 0.000000247. The normalized spacial score (nSPS) is 17.7. The van der Waals surface area contributed by atoms with Gasteiger partial charge in [0, 0.05) is 5.02 Å². The predicted molar refractivity (Wildman–Crippen MR) is 236 cm³/mol. The van der Waals surface area contributed by atoms with E-state index < -0.39 is 22.4 Å². The highest BCUT2D eigenvalue weighted by Gasteiger charge is 2.48. The molecule has 8 heteroatoms. The number of nitrogens with zero attached hydrogens (tertiary/aromatic N) is 1. The highest BCUT2D eigenvalue weighted by molar-refractivity contribution is 6.31. The molecule has 4 aromatic rings. The molecule has 2 aliphatic rings. The van der Waals surface area contributed by atoms with E-state index in [-0.39, 0.29) is 28.7 Å². The average Bonchev–Trinajstić information content (AvgIpc) is 3.17. The summed E-state index contributed by atoms with van der Waals surface area (Å²) < 4.78 is 11.7. The number of benzene rings is 4.